The quantitative estimate of drug-likeness (QED) is 0.449. The number of morpholine rings is 1. The molecule has 3 N–H and O–H groups in total. The number of benzene rings is 1. The van der Waals surface area contributed by atoms with E-state index in [-0.39, 0.29) is 17.4 Å². The third-order valence-corrected chi connectivity index (χ3v) is 7.47. The zero-order valence-corrected chi connectivity index (χ0v) is 19.8. The van der Waals surface area contributed by atoms with Crippen LogP contribution in [-0.2, 0) is 35.6 Å². The first-order valence-electron chi connectivity index (χ1n) is 11.0. The number of piperazine rings is 1. The highest BCUT2D eigenvalue weighted by Gasteiger charge is 2.36. The molecule has 2 aliphatic heterocycles. The van der Waals surface area contributed by atoms with Crippen molar-refractivity contribution in [1.29, 1.82) is 0 Å². The average Bonchev–Trinajstić information content (AvgIpc) is 2.82. The van der Waals surface area contributed by atoms with Crippen LogP contribution in [0.25, 0.3) is 0 Å². The van der Waals surface area contributed by atoms with Gasteiger partial charge in [-0.25, -0.2) is 8.42 Å². The molecule has 33 heavy (non-hydrogen) atoms. The van der Waals surface area contributed by atoms with Gasteiger partial charge in [0.05, 0.1) is 11.5 Å². The molecule has 2 heterocycles. The number of hydrogen-bond donors (Lipinski definition) is 2. The first-order valence-corrected chi connectivity index (χ1v) is 12.5. The number of ether oxygens (including phenoxy) is 1. The summed E-state index contributed by atoms with van der Waals surface area (Å²) in [5, 5.41) is 0. The topological polar surface area (TPSA) is 142 Å². The second kappa shape index (κ2) is 10.6. The Morgan fingerprint density at radius 1 is 1.15 bits per heavy atom. The summed E-state index contributed by atoms with van der Waals surface area (Å²) in [4.78, 5) is 42.4. The molecule has 2 aliphatic rings. The van der Waals surface area contributed by atoms with E-state index < -0.39 is 27.9 Å². The van der Waals surface area contributed by atoms with Gasteiger partial charge < -0.3 is 25.2 Å². The maximum atomic E-state index is 13.3. The van der Waals surface area contributed by atoms with E-state index in [1.807, 2.05) is 6.92 Å². The van der Waals surface area contributed by atoms with Crippen LogP contribution in [0.2, 0.25) is 0 Å². The van der Waals surface area contributed by atoms with E-state index in [9.17, 15) is 22.8 Å². The standard InChI is InChI=1S/C21H31N5O6S/c1-3-15-16(26-12-13-32-14-18(26)27)6-5-7-17(15)33(30,31)23-19(20(22)28)21(29)25-10-8-24(4-2)9-11-25/h5-7,19,23H,3-4,8-14H2,1-2H3,(H2,22,28)/t19-/m0/s1. The van der Waals surface area contributed by atoms with Crippen LogP contribution in [0.15, 0.2) is 23.1 Å². The number of amides is 3. The van der Waals surface area contributed by atoms with Gasteiger partial charge in [-0.3, -0.25) is 14.4 Å². The van der Waals surface area contributed by atoms with E-state index in [1.54, 1.807) is 13.0 Å². The van der Waals surface area contributed by atoms with Crippen LogP contribution in [0.3, 0.4) is 0 Å². The molecule has 0 unspecified atom stereocenters. The van der Waals surface area contributed by atoms with Crippen LogP contribution in [0.4, 0.5) is 5.69 Å². The third-order valence-electron chi connectivity index (χ3n) is 5.96. The third kappa shape index (κ3) is 5.52. The van der Waals surface area contributed by atoms with Gasteiger partial charge in [-0.15, -0.1) is 0 Å². The normalized spacial score (nSPS) is 18.9. The number of rotatable bonds is 8. The molecule has 3 rings (SSSR count). The Kier molecular flexibility index (Phi) is 8.05. The van der Waals surface area contributed by atoms with Gasteiger partial charge >= 0.3 is 0 Å². The lowest BCUT2D eigenvalue weighted by Gasteiger charge is -2.35. The van der Waals surface area contributed by atoms with Crippen molar-refractivity contribution in [3.05, 3.63) is 23.8 Å². The Balaban J connectivity index is 1.88. The molecule has 0 spiro atoms. The fraction of sp³-hybridized carbons (Fsp3) is 0.571. The summed E-state index contributed by atoms with van der Waals surface area (Å²) in [7, 11) is -4.30. The van der Waals surface area contributed by atoms with Gasteiger partial charge in [-0.2, -0.15) is 4.72 Å². The number of carbonyl (C=O) groups is 3. The van der Waals surface area contributed by atoms with Crippen molar-refractivity contribution < 1.29 is 27.5 Å². The fourth-order valence-corrected chi connectivity index (χ4v) is 5.59. The molecule has 0 radical (unpaired) electrons. The summed E-state index contributed by atoms with van der Waals surface area (Å²) >= 11 is 0. The molecule has 11 nitrogen and oxygen atoms in total. The zero-order chi connectivity index (χ0) is 24.2. The van der Waals surface area contributed by atoms with Crippen molar-refractivity contribution >= 4 is 33.4 Å². The van der Waals surface area contributed by atoms with E-state index in [4.69, 9.17) is 10.5 Å². The predicted octanol–water partition coefficient (Wildman–Crippen LogP) is -1.09. The van der Waals surface area contributed by atoms with Gasteiger partial charge in [-0.1, -0.05) is 19.9 Å². The second-order valence-electron chi connectivity index (χ2n) is 7.92. The van der Waals surface area contributed by atoms with Gasteiger partial charge in [0.15, 0.2) is 6.04 Å². The molecule has 1 atom stereocenters. The van der Waals surface area contributed by atoms with Crippen LogP contribution in [-0.4, -0.2) is 94.5 Å². The maximum Gasteiger partial charge on any atom is 0.253 e. The lowest BCUT2D eigenvalue weighted by atomic mass is 10.1. The van der Waals surface area contributed by atoms with Crippen molar-refractivity contribution in [1.82, 2.24) is 14.5 Å². The lowest BCUT2D eigenvalue weighted by molar-refractivity contribution is -0.139. The van der Waals surface area contributed by atoms with E-state index in [0.29, 0.717) is 57.0 Å². The summed E-state index contributed by atoms with van der Waals surface area (Å²) in [6, 6.07) is 2.86. The van der Waals surface area contributed by atoms with E-state index in [0.717, 1.165) is 6.54 Å². The Labute approximate surface area is 193 Å². The number of carbonyl (C=O) groups excluding carboxylic acids is 3. The van der Waals surface area contributed by atoms with E-state index in [2.05, 4.69) is 9.62 Å². The van der Waals surface area contributed by atoms with E-state index >= 15 is 0 Å². The molecule has 2 fully saturated rings. The van der Waals surface area contributed by atoms with Gasteiger partial charge in [0.2, 0.25) is 15.9 Å². The molecule has 2 saturated heterocycles. The van der Waals surface area contributed by atoms with Crippen molar-refractivity contribution in [3.63, 3.8) is 0 Å². The molecular weight excluding hydrogens is 450 g/mol. The minimum atomic E-state index is -4.30. The number of anilines is 1. The Morgan fingerprint density at radius 3 is 2.42 bits per heavy atom. The number of nitrogens with two attached hydrogens (primary N) is 1. The first kappa shape index (κ1) is 25.1. The Bertz CT molecular complexity index is 1010. The summed E-state index contributed by atoms with van der Waals surface area (Å²) < 4.78 is 34.0. The number of primary amides is 1. The molecule has 1 aromatic rings. The molecule has 0 aliphatic carbocycles. The number of hydrogen-bond acceptors (Lipinski definition) is 7. The van der Waals surface area contributed by atoms with Crippen molar-refractivity contribution in [2.24, 2.45) is 5.73 Å². The van der Waals surface area contributed by atoms with Crippen LogP contribution in [0.1, 0.15) is 19.4 Å². The summed E-state index contributed by atoms with van der Waals surface area (Å²) in [6.07, 6.45) is 0.311. The Morgan fingerprint density at radius 2 is 1.85 bits per heavy atom. The summed E-state index contributed by atoms with van der Waals surface area (Å²) in [5.41, 5.74) is 6.30. The predicted molar refractivity (Wildman–Crippen MR) is 121 cm³/mol. The molecule has 1 aromatic carbocycles. The van der Waals surface area contributed by atoms with Gasteiger partial charge in [-0.05, 0) is 30.7 Å². The highest BCUT2D eigenvalue weighted by Crippen LogP contribution is 2.29. The lowest BCUT2D eigenvalue weighted by Crippen LogP contribution is -2.58. The largest absolute Gasteiger partial charge is 0.370 e. The molecule has 0 aromatic heterocycles. The minimum Gasteiger partial charge on any atom is -0.370 e. The summed E-state index contributed by atoms with van der Waals surface area (Å²) in [5.74, 6) is -2.01. The number of likely N-dealkylation sites (N-methyl/N-ethyl adjacent to an activating group) is 1. The number of nitrogens with zero attached hydrogens (tertiary/aromatic N) is 3. The van der Waals surface area contributed by atoms with Crippen LogP contribution >= 0.6 is 0 Å². The minimum absolute atomic E-state index is 0.0814. The molecule has 0 saturated carbocycles. The smallest absolute Gasteiger partial charge is 0.253 e. The zero-order valence-electron chi connectivity index (χ0n) is 19.0. The fourth-order valence-electron chi connectivity index (χ4n) is 4.10. The first-order chi connectivity index (χ1) is 15.7. The number of nitrogens with one attached hydrogen (secondary N) is 1. The average molecular weight is 482 g/mol. The Hall–Kier alpha value is -2.54. The molecule has 12 heteroatoms. The molecular formula is C21H31N5O6S. The SMILES string of the molecule is CCc1c(N2CCOCC2=O)cccc1S(=O)(=O)N[C@@H](C(N)=O)C(=O)N1CCN(CC)CC1. The van der Waals surface area contributed by atoms with Crippen molar-refractivity contribution in [2.45, 2.75) is 31.2 Å². The molecule has 3 amide bonds. The van der Waals surface area contributed by atoms with Gasteiger partial charge in [0, 0.05) is 38.4 Å². The van der Waals surface area contributed by atoms with Gasteiger partial charge in [0.25, 0.3) is 11.8 Å². The number of sulfonamides is 1. The van der Waals surface area contributed by atoms with Crippen LogP contribution in [0.5, 0.6) is 0 Å². The monoisotopic (exact) mass is 481 g/mol. The van der Waals surface area contributed by atoms with Crippen molar-refractivity contribution in [2.75, 3.05) is 57.4 Å². The maximum absolute atomic E-state index is 13.3. The highest BCUT2D eigenvalue weighted by atomic mass is 32.2. The van der Waals surface area contributed by atoms with Crippen LogP contribution in [0, 0.1) is 0 Å². The summed E-state index contributed by atoms with van der Waals surface area (Å²) in [6.45, 7) is 7.22. The van der Waals surface area contributed by atoms with Gasteiger partial charge in [0.1, 0.15) is 6.61 Å². The van der Waals surface area contributed by atoms with E-state index in [1.165, 1.54) is 21.9 Å². The van der Waals surface area contributed by atoms with Crippen LogP contribution < -0.4 is 15.4 Å². The van der Waals surface area contributed by atoms with Crippen molar-refractivity contribution in [3.8, 4) is 0 Å². The second-order valence-corrected chi connectivity index (χ2v) is 9.60. The molecule has 0 bridgehead atoms. The molecule has 182 valence electrons. The highest BCUT2D eigenvalue weighted by molar-refractivity contribution is 7.89.